The monoisotopic (exact) mass is 905 g/mol. The number of aliphatic hydroxyl groups is 3. The maximum absolute atomic E-state index is 13.0. The number of hydrogen-bond donors (Lipinski definition) is 4. The molecule has 15 nitrogen and oxygen atoms in total. The number of carbonyl (C=O) groups excluding carboxylic acids is 6. The third kappa shape index (κ3) is 8.07. The number of allylic oxidation sites excluding steroid dienone is 3. The highest BCUT2D eigenvalue weighted by molar-refractivity contribution is 6.28. The number of unbranched alkanes of at least 4 members (excludes halogenated alkanes) is 1. The summed E-state index contributed by atoms with van der Waals surface area (Å²) in [5.41, 5.74) is -0.499. The first-order valence-corrected chi connectivity index (χ1v) is 21.8. The lowest BCUT2D eigenvalue weighted by Gasteiger charge is -2.44. The van der Waals surface area contributed by atoms with Gasteiger partial charge in [-0.05, 0) is 54.5 Å². The molecule has 3 heterocycles. The van der Waals surface area contributed by atoms with Crippen molar-refractivity contribution in [2.24, 2.45) is 0 Å². The number of methoxy groups -OCH3 is 2. The maximum Gasteiger partial charge on any atom is 0.228 e. The number of rotatable bonds is 6. The molecule has 0 fully saturated rings. The Hall–Kier alpha value is -5.94. The Balaban J connectivity index is 0.000000148. The summed E-state index contributed by atoms with van der Waals surface area (Å²) in [6, 6.07) is 19.3. The van der Waals surface area contributed by atoms with Crippen LogP contribution in [0.25, 0.3) is 0 Å². The van der Waals surface area contributed by atoms with E-state index in [0.717, 1.165) is 12.8 Å². The van der Waals surface area contributed by atoms with E-state index < -0.39 is 53.4 Å². The normalized spacial score (nSPS) is 26.4. The van der Waals surface area contributed by atoms with Crippen molar-refractivity contribution in [3.8, 4) is 0 Å². The Morgan fingerprint density at radius 3 is 1.09 bits per heavy atom. The van der Waals surface area contributed by atoms with E-state index >= 15 is 0 Å². The van der Waals surface area contributed by atoms with Gasteiger partial charge in [-0.2, -0.15) is 0 Å². The van der Waals surface area contributed by atoms with Crippen molar-refractivity contribution in [1.29, 1.82) is 0 Å². The second-order valence-corrected chi connectivity index (χ2v) is 18.4. The Labute approximate surface area is 382 Å². The minimum Gasteiger partial charge on any atom is -0.480 e. The summed E-state index contributed by atoms with van der Waals surface area (Å²) in [6.45, 7) is 12.8. The molecule has 3 aromatic rings. The molecule has 0 unspecified atom stereocenters. The highest BCUT2D eigenvalue weighted by atomic mass is 16.6. The van der Waals surface area contributed by atoms with Crippen molar-refractivity contribution >= 4 is 34.7 Å². The number of hydrogen-bond acceptors (Lipinski definition) is 15. The van der Waals surface area contributed by atoms with Gasteiger partial charge in [0.05, 0.1) is 22.8 Å². The summed E-state index contributed by atoms with van der Waals surface area (Å²) in [5.74, 6) is -1.84. The molecule has 66 heavy (non-hydrogen) atoms. The number of aliphatic hydroxyl groups excluding tert-OH is 3. The number of benzene rings is 3. The summed E-state index contributed by atoms with van der Waals surface area (Å²) in [7, 11) is 2.80. The van der Waals surface area contributed by atoms with Crippen LogP contribution in [0, 0.1) is 0 Å². The second kappa shape index (κ2) is 18.0. The van der Waals surface area contributed by atoms with Gasteiger partial charge in [0, 0.05) is 47.6 Å². The first kappa shape index (κ1) is 48.0. The standard InChI is InChI=1S/C19H23NO4.2C16H16O5/c1-4-5-10-20-14-13-15(21)11-8-6-7-9-12(11)16(22)17(13)24-19(2,3)18(14)23;2*1-16(2)15(19)14(20-3)10-11(17)8-6-4-5-7-9(8)12(18)13(10)21-16/h6-9,14,18,20,23H,4-5,10H2,1-3H3;2*4-7,14-15,19H,1-3H3/t14-,18+;14-,15+;14-,15-/m000/s1. The molecule has 3 aliphatic heterocycles. The zero-order chi connectivity index (χ0) is 48.2. The molecule has 0 radical (unpaired) electrons. The first-order valence-electron chi connectivity index (χ1n) is 21.8. The molecule has 0 saturated carbocycles. The largest absolute Gasteiger partial charge is 0.480 e. The number of nitrogens with one attached hydrogen (secondary N) is 1. The molecule has 348 valence electrons. The lowest BCUT2D eigenvalue weighted by molar-refractivity contribution is -0.133. The SMILES string of the molecule is CCCCN[C@H]1C2=C(OC(C)(C)[C@@H]1O)C(=O)c1ccccc1C2=O.CO[C@H]1C2=C(OC(C)(C)[C@@H]1O)C(=O)c1ccccc1C2=O.CO[C@H]1C2=C(OC(C)(C)[C@H]1O)C(=O)c1ccccc1C2=O. The van der Waals surface area contributed by atoms with Crippen LogP contribution in [-0.2, 0) is 23.7 Å². The molecule has 0 saturated heterocycles. The van der Waals surface area contributed by atoms with Gasteiger partial charge in [0.2, 0.25) is 17.3 Å². The van der Waals surface area contributed by atoms with Crippen molar-refractivity contribution in [3.05, 3.63) is 140 Å². The Bertz CT molecular complexity index is 2510. The van der Waals surface area contributed by atoms with E-state index in [2.05, 4.69) is 12.2 Å². The molecular formula is C51H55NO14. The van der Waals surface area contributed by atoms with E-state index in [1.54, 1.807) is 114 Å². The van der Waals surface area contributed by atoms with E-state index in [1.165, 1.54) is 14.2 Å². The first-order chi connectivity index (χ1) is 31.1. The van der Waals surface area contributed by atoms with E-state index in [9.17, 15) is 44.1 Å². The second-order valence-electron chi connectivity index (χ2n) is 18.4. The predicted octanol–water partition coefficient (Wildman–Crippen LogP) is 5.26. The number of carbonyl (C=O) groups is 6. The highest BCUT2D eigenvalue weighted by Crippen LogP contribution is 2.42. The number of fused-ring (bicyclic) bond motifs is 3. The Morgan fingerprint density at radius 1 is 0.485 bits per heavy atom. The summed E-state index contributed by atoms with van der Waals surface area (Å²) in [4.78, 5) is 76.2. The summed E-state index contributed by atoms with van der Waals surface area (Å²) in [6.07, 6.45) is -2.84. The number of ketones is 6. The van der Waals surface area contributed by atoms with Crippen LogP contribution in [0.15, 0.2) is 107 Å². The van der Waals surface area contributed by atoms with Gasteiger partial charge in [0.1, 0.15) is 47.3 Å². The molecular weight excluding hydrogens is 851 g/mol. The van der Waals surface area contributed by atoms with Crippen molar-refractivity contribution in [2.75, 3.05) is 20.8 Å². The molecule has 0 bridgehead atoms. The fraction of sp³-hybridized carbons (Fsp3) is 0.412. The van der Waals surface area contributed by atoms with Crippen molar-refractivity contribution in [1.82, 2.24) is 5.32 Å². The van der Waals surface area contributed by atoms with Crippen LogP contribution in [0.1, 0.15) is 123 Å². The lowest BCUT2D eigenvalue weighted by atomic mass is 9.78. The zero-order valence-corrected chi connectivity index (χ0v) is 38.3. The molecule has 6 atom stereocenters. The van der Waals surface area contributed by atoms with Crippen LogP contribution in [0.5, 0.6) is 0 Å². The summed E-state index contributed by atoms with van der Waals surface area (Å²) >= 11 is 0. The van der Waals surface area contributed by atoms with Gasteiger partial charge in [0.15, 0.2) is 34.6 Å². The van der Waals surface area contributed by atoms with Crippen LogP contribution in [0.2, 0.25) is 0 Å². The minimum atomic E-state index is -1.04. The Kier molecular flexibility index (Phi) is 13.1. The fourth-order valence-electron chi connectivity index (χ4n) is 8.93. The molecule has 3 aliphatic carbocycles. The fourth-order valence-corrected chi connectivity index (χ4v) is 8.93. The van der Waals surface area contributed by atoms with Gasteiger partial charge < -0.3 is 44.3 Å². The van der Waals surface area contributed by atoms with Crippen molar-refractivity contribution < 1.29 is 67.8 Å². The molecule has 9 rings (SSSR count). The van der Waals surface area contributed by atoms with Gasteiger partial charge in [0.25, 0.3) is 0 Å². The Morgan fingerprint density at radius 2 is 0.773 bits per heavy atom. The third-order valence-corrected chi connectivity index (χ3v) is 12.7. The molecule has 15 heteroatoms. The average Bonchev–Trinajstić information content (AvgIpc) is 3.29. The van der Waals surface area contributed by atoms with Crippen LogP contribution >= 0.6 is 0 Å². The quantitative estimate of drug-likeness (QED) is 0.232. The minimum absolute atomic E-state index is 0.0131. The van der Waals surface area contributed by atoms with Crippen LogP contribution in [0.3, 0.4) is 0 Å². The van der Waals surface area contributed by atoms with Gasteiger partial charge in [-0.25, -0.2) is 0 Å². The van der Waals surface area contributed by atoms with Gasteiger partial charge in [-0.1, -0.05) is 86.1 Å². The van der Waals surface area contributed by atoms with E-state index in [0.29, 0.717) is 39.9 Å². The number of Topliss-reactive ketones (excluding diaryl/α,β-unsaturated/α-hetero) is 6. The molecule has 4 N–H and O–H groups in total. The predicted molar refractivity (Wildman–Crippen MR) is 238 cm³/mol. The van der Waals surface area contributed by atoms with E-state index in [-0.39, 0.29) is 68.7 Å². The molecule has 3 aromatic carbocycles. The van der Waals surface area contributed by atoms with Crippen molar-refractivity contribution in [2.45, 2.75) is 115 Å². The molecule has 0 spiro atoms. The zero-order valence-electron chi connectivity index (χ0n) is 38.3. The summed E-state index contributed by atoms with van der Waals surface area (Å²) < 4.78 is 27.6. The topological polar surface area (TPSA) is 221 Å². The van der Waals surface area contributed by atoms with Crippen LogP contribution in [-0.4, -0.2) is 124 Å². The third-order valence-electron chi connectivity index (χ3n) is 12.7. The van der Waals surface area contributed by atoms with Gasteiger partial charge >= 0.3 is 0 Å². The van der Waals surface area contributed by atoms with Crippen molar-refractivity contribution in [3.63, 3.8) is 0 Å². The lowest BCUT2D eigenvalue weighted by Crippen LogP contribution is -2.59. The van der Waals surface area contributed by atoms with E-state index in [1.807, 2.05) is 0 Å². The molecule has 0 amide bonds. The smallest absolute Gasteiger partial charge is 0.228 e. The highest BCUT2D eigenvalue weighted by Gasteiger charge is 2.53. The van der Waals surface area contributed by atoms with Gasteiger partial charge in [-0.15, -0.1) is 0 Å². The van der Waals surface area contributed by atoms with Crippen LogP contribution < -0.4 is 5.32 Å². The van der Waals surface area contributed by atoms with E-state index in [4.69, 9.17) is 23.7 Å². The average molecular weight is 906 g/mol. The van der Waals surface area contributed by atoms with Crippen LogP contribution in [0.4, 0.5) is 0 Å². The molecule has 6 aliphatic rings. The summed E-state index contributed by atoms with van der Waals surface area (Å²) in [5, 5.41) is 34.6. The maximum atomic E-state index is 13.0. The van der Waals surface area contributed by atoms with Gasteiger partial charge in [-0.3, -0.25) is 28.8 Å². The molecule has 0 aromatic heterocycles. The number of ether oxygens (including phenoxy) is 5.